The van der Waals surface area contributed by atoms with Gasteiger partial charge in [-0.3, -0.25) is 4.79 Å². The Morgan fingerprint density at radius 3 is 2.94 bits per heavy atom. The van der Waals surface area contributed by atoms with Gasteiger partial charge in [-0.1, -0.05) is 11.6 Å². The summed E-state index contributed by atoms with van der Waals surface area (Å²) in [6.07, 6.45) is 1.82. The molecule has 1 heterocycles. The van der Waals surface area contributed by atoms with Crippen LogP contribution in [-0.2, 0) is 0 Å². The van der Waals surface area contributed by atoms with Crippen LogP contribution < -0.4 is 0 Å². The molecule has 0 saturated carbocycles. The van der Waals surface area contributed by atoms with Gasteiger partial charge in [-0.25, -0.2) is 0 Å². The summed E-state index contributed by atoms with van der Waals surface area (Å²) in [6, 6.07) is 4.48. The van der Waals surface area contributed by atoms with Gasteiger partial charge in [0.05, 0.1) is 5.56 Å². The summed E-state index contributed by atoms with van der Waals surface area (Å²) in [5, 5.41) is 19.3. The van der Waals surface area contributed by atoms with Crippen molar-refractivity contribution in [3.63, 3.8) is 0 Å². The Morgan fingerprint density at radius 2 is 2.28 bits per heavy atom. The highest BCUT2D eigenvalue weighted by Gasteiger charge is 2.25. The molecular weight excluding hydrogens is 254 g/mol. The van der Waals surface area contributed by atoms with E-state index in [-0.39, 0.29) is 29.7 Å². The van der Waals surface area contributed by atoms with E-state index >= 15 is 0 Å². The van der Waals surface area contributed by atoms with Crippen molar-refractivity contribution >= 4 is 17.5 Å². The van der Waals surface area contributed by atoms with Crippen LogP contribution in [0.5, 0.6) is 5.75 Å². The van der Waals surface area contributed by atoms with Crippen molar-refractivity contribution < 1.29 is 15.0 Å². The van der Waals surface area contributed by atoms with Crippen LogP contribution in [-0.4, -0.2) is 40.7 Å². The van der Waals surface area contributed by atoms with E-state index in [0.717, 1.165) is 12.8 Å². The predicted molar refractivity (Wildman–Crippen MR) is 68.8 cm³/mol. The average Bonchev–Trinajstić information content (AvgIpc) is 2.38. The Labute approximate surface area is 111 Å². The Bertz CT molecular complexity index is 450. The Morgan fingerprint density at radius 1 is 1.50 bits per heavy atom. The van der Waals surface area contributed by atoms with Crippen LogP contribution in [0, 0.1) is 5.92 Å². The van der Waals surface area contributed by atoms with Gasteiger partial charge in [0.1, 0.15) is 5.75 Å². The molecule has 1 amide bonds. The second-order valence-corrected chi connectivity index (χ2v) is 5.04. The molecule has 1 aliphatic rings. The third-order valence-corrected chi connectivity index (χ3v) is 3.49. The molecule has 0 bridgehead atoms. The number of aliphatic hydroxyl groups is 1. The predicted octanol–water partition coefficient (Wildman–Crippen LogP) is 1.89. The summed E-state index contributed by atoms with van der Waals surface area (Å²) in [7, 11) is 0. The fraction of sp³-hybridized carbons (Fsp3) is 0.462. The molecule has 1 unspecified atom stereocenters. The summed E-state index contributed by atoms with van der Waals surface area (Å²) in [5.74, 6) is -0.168. The van der Waals surface area contributed by atoms with Crippen molar-refractivity contribution in [3.8, 4) is 5.75 Å². The lowest BCUT2D eigenvalue weighted by Gasteiger charge is -2.32. The van der Waals surface area contributed by atoms with Gasteiger partial charge in [-0.15, -0.1) is 0 Å². The Balaban J connectivity index is 2.15. The molecule has 1 aliphatic heterocycles. The minimum atomic E-state index is -0.206. The van der Waals surface area contributed by atoms with Gasteiger partial charge in [0, 0.05) is 24.7 Å². The number of carbonyl (C=O) groups is 1. The van der Waals surface area contributed by atoms with E-state index in [9.17, 15) is 9.90 Å². The maximum absolute atomic E-state index is 12.2. The average molecular weight is 270 g/mol. The Hall–Kier alpha value is -1.26. The van der Waals surface area contributed by atoms with Crippen molar-refractivity contribution in [1.29, 1.82) is 0 Å². The van der Waals surface area contributed by atoms with E-state index < -0.39 is 0 Å². The number of carbonyl (C=O) groups excluding carboxylic acids is 1. The van der Waals surface area contributed by atoms with Crippen LogP contribution >= 0.6 is 11.6 Å². The second-order valence-electron chi connectivity index (χ2n) is 4.60. The van der Waals surface area contributed by atoms with Crippen LogP contribution in [0.3, 0.4) is 0 Å². The third kappa shape index (κ3) is 2.76. The maximum Gasteiger partial charge on any atom is 0.257 e. The van der Waals surface area contributed by atoms with Crippen LogP contribution in [0.4, 0.5) is 0 Å². The number of phenols is 1. The topological polar surface area (TPSA) is 60.8 Å². The summed E-state index contributed by atoms with van der Waals surface area (Å²) in [5.41, 5.74) is 0.262. The van der Waals surface area contributed by atoms with Gasteiger partial charge >= 0.3 is 0 Å². The van der Waals surface area contributed by atoms with Crippen molar-refractivity contribution in [1.82, 2.24) is 4.90 Å². The molecule has 0 aliphatic carbocycles. The molecule has 0 radical (unpaired) electrons. The van der Waals surface area contributed by atoms with Gasteiger partial charge < -0.3 is 15.1 Å². The van der Waals surface area contributed by atoms with Gasteiger partial charge in [0.25, 0.3) is 5.91 Å². The highest BCUT2D eigenvalue weighted by Crippen LogP contribution is 2.25. The molecule has 0 spiro atoms. The van der Waals surface area contributed by atoms with Crippen molar-refractivity contribution in [2.24, 2.45) is 5.92 Å². The smallest absolute Gasteiger partial charge is 0.257 e. The molecule has 0 aromatic heterocycles. The van der Waals surface area contributed by atoms with Crippen LogP contribution in [0.1, 0.15) is 23.2 Å². The summed E-state index contributed by atoms with van der Waals surface area (Å²) in [4.78, 5) is 13.9. The molecule has 2 N–H and O–H groups in total. The standard InChI is InChI=1S/C13H16ClNO3/c14-10-3-4-11(12(17)6-10)13(18)15-5-1-2-9(7-15)8-16/h3-4,6,9,16-17H,1-2,5,7-8H2. The molecule has 2 rings (SSSR count). The highest BCUT2D eigenvalue weighted by atomic mass is 35.5. The zero-order valence-corrected chi connectivity index (χ0v) is 10.7. The molecule has 1 aromatic carbocycles. The van der Waals surface area contributed by atoms with Crippen LogP contribution in [0.25, 0.3) is 0 Å². The first-order valence-electron chi connectivity index (χ1n) is 6.00. The van der Waals surface area contributed by atoms with E-state index in [1.165, 1.54) is 12.1 Å². The zero-order valence-electron chi connectivity index (χ0n) is 9.97. The van der Waals surface area contributed by atoms with Crippen LogP contribution in [0.15, 0.2) is 18.2 Å². The van der Waals surface area contributed by atoms with E-state index in [4.69, 9.17) is 16.7 Å². The molecule has 98 valence electrons. The lowest BCUT2D eigenvalue weighted by atomic mass is 9.98. The van der Waals surface area contributed by atoms with E-state index in [1.54, 1.807) is 11.0 Å². The number of hydrogen-bond donors (Lipinski definition) is 2. The van der Waals surface area contributed by atoms with Crippen molar-refractivity contribution in [2.45, 2.75) is 12.8 Å². The minimum Gasteiger partial charge on any atom is -0.507 e. The van der Waals surface area contributed by atoms with Gasteiger partial charge in [0.15, 0.2) is 0 Å². The molecule has 4 nitrogen and oxygen atoms in total. The lowest BCUT2D eigenvalue weighted by Crippen LogP contribution is -2.40. The number of piperidine rings is 1. The normalized spacial score (nSPS) is 19.9. The summed E-state index contributed by atoms with van der Waals surface area (Å²) >= 11 is 5.74. The van der Waals surface area contributed by atoms with Crippen molar-refractivity contribution in [2.75, 3.05) is 19.7 Å². The zero-order chi connectivity index (χ0) is 13.1. The fourth-order valence-electron chi connectivity index (χ4n) is 2.25. The van der Waals surface area contributed by atoms with E-state index in [0.29, 0.717) is 18.1 Å². The molecule has 5 heteroatoms. The molecule has 1 saturated heterocycles. The number of likely N-dealkylation sites (tertiary alicyclic amines) is 1. The van der Waals surface area contributed by atoms with Gasteiger partial charge in [-0.05, 0) is 37.0 Å². The number of amides is 1. The largest absolute Gasteiger partial charge is 0.507 e. The lowest BCUT2D eigenvalue weighted by molar-refractivity contribution is 0.0618. The summed E-state index contributed by atoms with van der Waals surface area (Å²) < 4.78 is 0. The fourth-order valence-corrected chi connectivity index (χ4v) is 2.42. The van der Waals surface area contributed by atoms with Gasteiger partial charge in [-0.2, -0.15) is 0 Å². The number of aromatic hydroxyl groups is 1. The molecule has 1 aromatic rings. The first-order chi connectivity index (χ1) is 8.61. The third-order valence-electron chi connectivity index (χ3n) is 3.25. The van der Waals surface area contributed by atoms with E-state index in [2.05, 4.69) is 0 Å². The number of phenolic OH excluding ortho intramolecular Hbond substituents is 1. The van der Waals surface area contributed by atoms with Crippen molar-refractivity contribution in [3.05, 3.63) is 28.8 Å². The first kappa shape index (κ1) is 13.2. The number of benzene rings is 1. The monoisotopic (exact) mass is 269 g/mol. The first-order valence-corrected chi connectivity index (χ1v) is 6.38. The molecule has 1 fully saturated rings. The number of nitrogens with zero attached hydrogens (tertiary/aromatic N) is 1. The summed E-state index contributed by atoms with van der Waals surface area (Å²) in [6.45, 7) is 1.30. The van der Waals surface area contributed by atoms with Crippen LogP contribution in [0.2, 0.25) is 5.02 Å². The minimum absolute atomic E-state index is 0.0936. The SMILES string of the molecule is O=C(c1ccc(Cl)cc1O)N1CCCC(CO)C1. The number of rotatable bonds is 2. The second kappa shape index (κ2) is 5.59. The Kier molecular flexibility index (Phi) is 4.09. The highest BCUT2D eigenvalue weighted by molar-refractivity contribution is 6.30. The maximum atomic E-state index is 12.2. The molecule has 18 heavy (non-hydrogen) atoms. The molecule has 1 atom stereocenters. The quantitative estimate of drug-likeness (QED) is 0.862. The van der Waals surface area contributed by atoms with E-state index in [1.807, 2.05) is 0 Å². The number of aliphatic hydroxyl groups excluding tert-OH is 1. The van der Waals surface area contributed by atoms with Gasteiger partial charge in [0.2, 0.25) is 0 Å². The molecular formula is C13H16ClNO3. The number of halogens is 1. The number of hydrogen-bond acceptors (Lipinski definition) is 3.